The molecule has 1 aliphatic heterocycles. The van der Waals surface area contributed by atoms with Gasteiger partial charge in [0.15, 0.2) is 0 Å². The number of nitrogens with zero attached hydrogens (tertiary/aromatic N) is 2. The summed E-state index contributed by atoms with van der Waals surface area (Å²) in [4.78, 5) is 30.2. The zero-order chi connectivity index (χ0) is 20.8. The Morgan fingerprint density at radius 3 is 2.31 bits per heavy atom. The predicted molar refractivity (Wildman–Crippen MR) is 100 cm³/mol. The number of hydrogen-bond acceptors (Lipinski definition) is 3. The fourth-order valence-corrected chi connectivity index (χ4v) is 3.44. The number of fused-ring (bicyclic) bond motifs is 1. The number of rotatable bonds is 3. The molecule has 0 atom stereocenters. The van der Waals surface area contributed by atoms with Crippen LogP contribution in [0.4, 0.5) is 13.2 Å². The third-order valence-electron chi connectivity index (χ3n) is 4.94. The van der Waals surface area contributed by atoms with E-state index >= 15 is 0 Å². The highest BCUT2D eigenvalue weighted by Crippen LogP contribution is 2.34. The molecule has 0 saturated carbocycles. The van der Waals surface area contributed by atoms with Gasteiger partial charge in [-0.15, -0.1) is 0 Å². The summed E-state index contributed by atoms with van der Waals surface area (Å²) in [6, 6.07) is 11.7. The fraction of sp³-hybridized carbons (Fsp3) is 0.136. The van der Waals surface area contributed by atoms with E-state index in [0.29, 0.717) is 28.7 Å². The number of carbonyl (C=O) groups excluding carboxylic acids is 2. The molecule has 146 valence electrons. The maximum Gasteiger partial charge on any atom is 0.416 e. The largest absolute Gasteiger partial charge is 0.416 e. The molecule has 0 spiro atoms. The molecule has 0 unspecified atom stereocenters. The molecular weight excluding hydrogens is 381 g/mol. The number of aromatic nitrogens is 1. The highest BCUT2D eigenvalue weighted by atomic mass is 19.4. The molecule has 4 rings (SSSR count). The maximum absolute atomic E-state index is 12.9. The number of benzene rings is 2. The Balaban J connectivity index is 1.83. The topological polar surface area (TPSA) is 50.3 Å². The van der Waals surface area contributed by atoms with Crippen LogP contribution in [0.3, 0.4) is 0 Å². The summed E-state index contributed by atoms with van der Waals surface area (Å²) in [5.74, 6) is -0.811. The van der Waals surface area contributed by atoms with E-state index in [1.165, 1.54) is 19.2 Å². The summed E-state index contributed by atoms with van der Waals surface area (Å²) in [5.41, 5.74) is 2.44. The summed E-state index contributed by atoms with van der Waals surface area (Å²) in [5, 5.41) is 0. The van der Waals surface area contributed by atoms with Crippen LogP contribution in [-0.2, 0) is 12.6 Å². The number of imide groups is 1. The second-order valence-electron chi connectivity index (χ2n) is 6.84. The number of halogens is 3. The molecule has 0 aliphatic carbocycles. The van der Waals surface area contributed by atoms with E-state index < -0.39 is 17.6 Å². The van der Waals surface area contributed by atoms with Gasteiger partial charge in [0.2, 0.25) is 0 Å². The van der Waals surface area contributed by atoms with Gasteiger partial charge < -0.3 is 0 Å². The van der Waals surface area contributed by atoms with Crippen LogP contribution < -0.4 is 0 Å². The Bertz CT molecular complexity index is 1110. The average molecular weight is 396 g/mol. The van der Waals surface area contributed by atoms with Gasteiger partial charge in [-0.05, 0) is 59.0 Å². The van der Waals surface area contributed by atoms with E-state index in [-0.39, 0.29) is 11.5 Å². The molecule has 0 N–H and O–H groups in total. The molecule has 0 saturated heterocycles. The number of amides is 2. The number of carbonyl (C=O) groups is 2. The zero-order valence-electron chi connectivity index (χ0n) is 15.3. The summed E-state index contributed by atoms with van der Waals surface area (Å²) in [6.07, 6.45) is -0.748. The third kappa shape index (κ3) is 3.40. The highest BCUT2D eigenvalue weighted by molar-refractivity contribution is 6.22. The minimum Gasteiger partial charge on any atom is -0.277 e. The summed E-state index contributed by atoms with van der Waals surface area (Å²) in [6.45, 7) is 0. The van der Waals surface area contributed by atoms with Crippen LogP contribution in [0.1, 0.15) is 37.4 Å². The minimum atomic E-state index is -4.42. The molecule has 2 aromatic carbocycles. The monoisotopic (exact) mass is 396 g/mol. The lowest BCUT2D eigenvalue weighted by Gasteiger charge is -2.12. The van der Waals surface area contributed by atoms with Gasteiger partial charge in [0.1, 0.15) is 0 Å². The Labute approximate surface area is 164 Å². The van der Waals surface area contributed by atoms with Crippen molar-refractivity contribution < 1.29 is 22.8 Å². The summed E-state index contributed by atoms with van der Waals surface area (Å²) in [7, 11) is 1.41. The first-order valence-electron chi connectivity index (χ1n) is 8.81. The normalized spacial score (nSPS) is 13.7. The van der Waals surface area contributed by atoms with E-state index in [1.807, 2.05) is 6.07 Å². The molecule has 3 aromatic rings. The van der Waals surface area contributed by atoms with Crippen molar-refractivity contribution in [2.75, 3.05) is 7.05 Å². The number of alkyl halides is 3. The van der Waals surface area contributed by atoms with Crippen LogP contribution in [0.5, 0.6) is 0 Å². The zero-order valence-corrected chi connectivity index (χ0v) is 15.3. The average Bonchev–Trinajstić information content (AvgIpc) is 2.92. The molecule has 0 fully saturated rings. The van der Waals surface area contributed by atoms with Crippen molar-refractivity contribution in [3.05, 3.63) is 88.7 Å². The summed E-state index contributed by atoms with van der Waals surface area (Å²) < 4.78 is 38.6. The van der Waals surface area contributed by atoms with Crippen LogP contribution in [-0.4, -0.2) is 28.7 Å². The molecule has 4 nitrogen and oxygen atoms in total. The minimum absolute atomic E-state index is 0.258. The second-order valence-corrected chi connectivity index (χ2v) is 6.84. The molecule has 1 aromatic heterocycles. The molecule has 1 aliphatic rings. The van der Waals surface area contributed by atoms with Gasteiger partial charge >= 0.3 is 6.18 Å². The number of pyridine rings is 1. The molecule has 0 bridgehead atoms. The molecular formula is C22H15F3N2O2. The van der Waals surface area contributed by atoms with E-state index in [1.54, 1.807) is 30.6 Å². The first-order chi connectivity index (χ1) is 13.8. The smallest absolute Gasteiger partial charge is 0.277 e. The van der Waals surface area contributed by atoms with Gasteiger partial charge in [-0.1, -0.05) is 18.2 Å². The quantitative estimate of drug-likeness (QED) is 0.609. The Morgan fingerprint density at radius 2 is 1.69 bits per heavy atom. The predicted octanol–water partition coefficient (Wildman–Crippen LogP) is 4.58. The fourth-order valence-electron chi connectivity index (χ4n) is 3.44. The van der Waals surface area contributed by atoms with E-state index in [4.69, 9.17) is 0 Å². The van der Waals surface area contributed by atoms with Gasteiger partial charge in [-0.2, -0.15) is 13.2 Å². The Hall–Kier alpha value is -3.48. The van der Waals surface area contributed by atoms with Gasteiger partial charge in [-0.25, -0.2) is 0 Å². The van der Waals surface area contributed by atoms with Gasteiger partial charge in [0.05, 0.1) is 16.7 Å². The van der Waals surface area contributed by atoms with Gasteiger partial charge in [0.25, 0.3) is 11.8 Å². The number of hydrogen-bond donors (Lipinski definition) is 0. The van der Waals surface area contributed by atoms with Crippen molar-refractivity contribution >= 4 is 11.8 Å². The molecule has 7 heteroatoms. The first-order valence-corrected chi connectivity index (χ1v) is 8.81. The lowest BCUT2D eigenvalue weighted by atomic mass is 9.92. The van der Waals surface area contributed by atoms with Crippen LogP contribution in [0.25, 0.3) is 11.1 Å². The first kappa shape index (κ1) is 18.9. The molecule has 0 radical (unpaired) electrons. The van der Waals surface area contributed by atoms with Crippen LogP contribution in [0.2, 0.25) is 0 Å². The maximum atomic E-state index is 12.9. The Kier molecular flexibility index (Phi) is 4.45. The SMILES string of the molecule is CN1C(=O)c2cc(-c3ccc(C(F)(F)F)cc3)cc(Cc3cccnc3)c2C1=O. The lowest BCUT2D eigenvalue weighted by molar-refractivity contribution is -0.137. The molecule has 29 heavy (non-hydrogen) atoms. The highest BCUT2D eigenvalue weighted by Gasteiger charge is 2.35. The second kappa shape index (κ2) is 6.84. The van der Waals surface area contributed by atoms with E-state index in [9.17, 15) is 22.8 Å². The molecule has 2 heterocycles. The molecule has 2 amide bonds. The third-order valence-corrected chi connectivity index (χ3v) is 4.94. The van der Waals surface area contributed by atoms with Crippen molar-refractivity contribution in [3.8, 4) is 11.1 Å². The van der Waals surface area contributed by atoms with Crippen LogP contribution in [0.15, 0.2) is 60.9 Å². The lowest BCUT2D eigenvalue weighted by Crippen LogP contribution is -2.24. The van der Waals surface area contributed by atoms with Crippen molar-refractivity contribution in [2.45, 2.75) is 12.6 Å². The van der Waals surface area contributed by atoms with Crippen molar-refractivity contribution in [2.24, 2.45) is 0 Å². The van der Waals surface area contributed by atoms with Crippen molar-refractivity contribution in [1.82, 2.24) is 9.88 Å². The van der Waals surface area contributed by atoms with E-state index in [0.717, 1.165) is 22.6 Å². The standard InChI is InChI=1S/C22H15F3N2O2/c1-27-20(28)18-11-15(14-4-6-17(7-5-14)22(23,24)25)10-16(19(18)21(27)29)9-13-3-2-8-26-12-13/h2-8,10-12H,9H2,1H3. The van der Waals surface area contributed by atoms with Crippen molar-refractivity contribution in [3.63, 3.8) is 0 Å². The Morgan fingerprint density at radius 1 is 0.966 bits per heavy atom. The van der Waals surface area contributed by atoms with Crippen LogP contribution in [0, 0.1) is 0 Å². The van der Waals surface area contributed by atoms with Crippen molar-refractivity contribution in [1.29, 1.82) is 0 Å². The van der Waals surface area contributed by atoms with Gasteiger partial charge in [-0.3, -0.25) is 19.5 Å². The van der Waals surface area contributed by atoms with E-state index in [2.05, 4.69) is 4.98 Å². The van der Waals surface area contributed by atoms with Gasteiger partial charge in [0, 0.05) is 19.4 Å². The van der Waals surface area contributed by atoms with Crippen LogP contribution >= 0.6 is 0 Å². The summed E-state index contributed by atoms with van der Waals surface area (Å²) >= 11 is 0.